The third-order valence-corrected chi connectivity index (χ3v) is 6.54. The number of anilines is 1. The van der Waals surface area contributed by atoms with Crippen molar-refractivity contribution in [1.82, 2.24) is 14.8 Å². The van der Waals surface area contributed by atoms with E-state index in [0.29, 0.717) is 16.8 Å². The maximum absolute atomic E-state index is 12.6. The van der Waals surface area contributed by atoms with Crippen molar-refractivity contribution in [2.45, 2.75) is 41.0 Å². The Morgan fingerprint density at radius 1 is 1.17 bits per heavy atom. The topological polar surface area (TPSA) is 120 Å². The van der Waals surface area contributed by atoms with Crippen LogP contribution in [0, 0.1) is 0 Å². The van der Waals surface area contributed by atoms with Crippen LogP contribution >= 0.6 is 11.8 Å². The molecule has 1 saturated carbocycles. The number of nitrogens with two attached hydrogens (primary N) is 1. The van der Waals surface area contributed by atoms with Gasteiger partial charge in [-0.1, -0.05) is 30.0 Å². The van der Waals surface area contributed by atoms with Gasteiger partial charge in [-0.3, -0.25) is 4.79 Å². The highest BCUT2D eigenvalue weighted by atomic mass is 32.2. The highest BCUT2D eigenvalue weighted by molar-refractivity contribution is 8.00. The van der Waals surface area contributed by atoms with Gasteiger partial charge in [0.15, 0.2) is 0 Å². The first kappa shape index (κ1) is 20.6. The highest BCUT2D eigenvalue weighted by Gasteiger charge is 2.31. The van der Waals surface area contributed by atoms with Crippen molar-refractivity contribution in [1.29, 1.82) is 0 Å². The third-order valence-electron chi connectivity index (χ3n) is 4.66. The van der Waals surface area contributed by atoms with Crippen LogP contribution in [0.1, 0.15) is 31.5 Å². The van der Waals surface area contributed by atoms with Crippen LogP contribution in [0.2, 0.25) is 0 Å². The monoisotopic (exact) mass is 443 g/mol. The minimum absolute atomic E-state index is 0.00817. The van der Waals surface area contributed by atoms with Gasteiger partial charge in [0.25, 0.3) is 0 Å². The number of carbonyl (C=O) groups is 1. The second-order valence-electron chi connectivity index (χ2n) is 7.09. The molecule has 1 fully saturated rings. The van der Waals surface area contributed by atoms with Gasteiger partial charge in [0.05, 0.1) is 15.8 Å². The molecule has 0 spiro atoms. The Morgan fingerprint density at radius 3 is 2.43 bits per heavy atom. The van der Waals surface area contributed by atoms with Crippen LogP contribution in [0.5, 0.6) is 0 Å². The minimum Gasteiger partial charge on any atom is -0.325 e. The van der Waals surface area contributed by atoms with Crippen LogP contribution in [0.3, 0.4) is 0 Å². The molecule has 156 valence electrons. The number of rotatable bonds is 7. The molecule has 30 heavy (non-hydrogen) atoms. The Kier molecular flexibility index (Phi) is 5.63. The number of nitrogens with one attached hydrogen (secondary N) is 1. The molecule has 3 aromatic rings. The number of nitrogens with zero attached hydrogens (tertiary/aromatic N) is 3. The fourth-order valence-corrected chi connectivity index (χ4v) is 4.18. The van der Waals surface area contributed by atoms with E-state index in [-0.39, 0.29) is 10.8 Å². The Morgan fingerprint density at radius 2 is 1.83 bits per heavy atom. The molecule has 0 saturated heterocycles. The van der Waals surface area contributed by atoms with Gasteiger partial charge in [-0.05, 0) is 56.2 Å². The Balaban J connectivity index is 1.46. The van der Waals surface area contributed by atoms with Crippen molar-refractivity contribution < 1.29 is 13.2 Å². The number of carbonyl (C=O) groups excluding carboxylic acids is 1. The second kappa shape index (κ2) is 8.21. The molecule has 10 heteroatoms. The molecule has 1 aliphatic carbocycles. The van der Waals surface area contributed by atoms with Crippen LogP contribution in [0.4, 0.5) is 5.69 Å². The molecule has 0 bridgehead atoms. The number of thioether (sulfide) groups is 1. The molecule has 2 aromatic carbocycles. The fourth-order valence-electron chi connectivity index (χ4n) is 2.90. The first-order chi connectivity index (χ1) is 14.3. The van der Waals surface area contributed by atoms with Gasteiger partial charge >= 0.3 is 0 Å². The SMILES string of the molecule is CC(Sc1nc(C2CC2)n(-c2ccccc2)n1)C(=O)Nc1ccc(S(N)(=O)=O)cc1. The number of amides is 1. The van der Waals surface area contributed by atoms with Crippen LogP contribution in [0.25, 0.3) is 5.69 Å². The number of para-hydroxylation sites is 1. The average molecular weight is 444 g/mol. The molecule has 3 N–H and O–H groups in total. The van der Waals surface area contributed by atoms with E-state index in [1.807, 2.05) is 35.0 Å². The van der Waals surface area contributed by atoms with E-state index in [4.69, 9.17) is 5.14 Å². The quantitative estimate of drug-likeness (QED) is 0.542. The minimum atomic E-state index is -3.77. The van der Waals surface area contributed by atoms with E-state index in [1.54, 1.807) is 6.92 Å². The molecule has 1 amide bonds. The van der Waals surface area contributed by atoms with Gasteiger partial charge in [-0.2, -0.15) is 0 Å². The number of benzene rings is 2. The zero-order valence-corrected chi connectivity index (χ0v) is 17.9. The number of hydrogen-bond acceptors (Lipinski definition) is 6. The number of sulfonamides is 1. The van der Waals surface area contributed by atoms with Gasteiger partial charge in [0.1, 0.15) is 5.82 Å². The summed E-state index contributed by atoms with van der Waals surface area (Å²) in [6.45, 7) is 1.78. The molecular weight excluding hydrogens is 422 g/mol. The van der Waals surface area contributed by atoms with Crippen molar-refractivity contribution in [2.24, 2.45) is 5.14 Å². The Hall–Kier alpha value is -2.69. The van der Waals surface area contributed by atoms with E-state index in [0.717, 1.165) is 24.4 Å². The predicted molar refractivity (Wildman–Crippen MR) is 115 cm³/mol. The van der Waals surface area contributed by atoms with Gasteiger partial charge < -0.3 is 5.32 Å². The predicted octanol–water partition coefficient (Wildman–Crippen LogP) is 2.91. The Labute approximate surface area is 178 Å². The largest absolute Gasteiger partial charge is 0.325 e. The first-order valence-electron chi connectivity index (χ1n) is 9.44. The molecule has 1 aromatic heterocycles. The summed E-state index contributed by atoms with van der Waals surface area (Å²) in [6.07, 6.45) is 2.19. The van der Waals surface area contributed by atoms with Crippen LogP contribution in [-0.4, -0.2) is 34.3 Å². The summed E-state index contributed by atoms with van der Waals surface area (Å²) in [6, 6.07) is 15.5. The Bertz CT molecular complexity index is 1160. The second-order valence-corrected chi connectivity index (χ2v) is 9.96. The molecule has 4 rings (SSSR count). The molecule has 0 aliphatic heterocycles. The zero-order chi connectivity index (χ0) is 21.3. The highest BCUT2D eigenvalue weighted by Crippen LogP contribution is 2.40. The number of primary sulfonamides is 1. The maximum atomic E-state index is 12.6. The molecule has 1 heterocycles. The lowest BCUT2D eigenvalue weighted by molar-refractivity contribution is -0.115. The van der Waals surface area contributed by atoms with Crippen LogP contribution in [0.15, 0.2) is 64.6 Å². The van der Waals surface area contributed by atoms with E-state index in [9.17, 15) is 13.2 Å². The first-order valence-corrected chi connectivity index (χ1v) is 11.9. The third kappa shape index (κ3) is 4.72. The summed E-state index contributed by atoms with van der Waals surface area (Å²) in [7, 11) is -3.77. The lowest BCUT2D eigenvalue weighted by Crippen LogP contribution is -2.22. The molecule has 0 radical (unpaired) electrons. The van der Waals surface area contributed by atoms with Crippen LogP contribution in [-0.2, 0) is 14.8 Å². The lowest BCUT2D eigenvalue weighted by Gasteiger charge is -2.10. The molecule has 8 nitrogen and oxygen atoms in total. The average Bonchev–Trinajstić information content (AvgIpc) is 3.48. The van der Waals surface area contributed by atoms with E-state index in [1.165, 1.54) is 36.0 Å². The maximum Gasteiger partial charge on any atom is 0.238 e. The van der Waals surface area contributed by atoms with E-state index >= 15 is 0 Å². The summed E-state index contributed by atoms with van der Waals surface area (Å²) in [5.41, 5.74) is 1.44. The molecular formula is C20H21N5O3S2. The summed E-state index contributed by atoms with van der Waals surface area (Å²) >= 11 is 1.28. The molecule has 1 atom stereocenters. The zero-order valence-electron chi connectivity index (χ0n) is 16.2. The normalized spacial score (nSPS) is 15.0. The standard InChI is InChI=1S/C20H21N5O3S2/c1-13(19(26)22-15-9-11-17(12-10-15)30(21,27)28)29-20-23-18(14-7-8-14)25(24-20)16-5-3-2-4-6-16/h2-6,9-14H,7-8H2,1H3,(H,22,26)(H2,21,27,28). The summed E-state index contributed by atoms with van der Waals surface area (Å²) in [5, 5.41) is 12.6. The van der Waals surface area contributed by atoms with Gasteiger partial charge in [0.2, 0.25) is 21.1 Å². The van der Waals surface area contributed by atoms with Gasteiger partial charge in [0, 0.05) is 11.6 Å². The van der Waals surface area contributed by atoms with E-state index < -0.39 is 15.3 Å². The van der Waals surface area contributed by atoms with Crippen molar-refractivity contribution in [2.75, 3.05) is 5.32 Å². The number of hydrogen-bond donors (Lipinski definition) is 2. The van der Waals surface area contributed by atoms with Gasteiger partial charge in [-0.15, -0.1) is 5.10 Å². The fraction of sp³-hybridized carbons (Fsp3) is 0.250. The molecule has 1 aliphatic rings. The van der Waals surface area contributed by atoms with Crippen molar-refractivity contribution in [3.63, 3.8) is 0 Å². The summed E-state index contributed by atoms with van der Waals surface area (Å²) < 4.78 is 24.5. The summed E-state index contributed by atoms with van der Waals surface area (Å²) in [4.78, 5) is 17.2. The van der Waals surface area contributed by atoms with Gasteiger partial charge in [-0.25, -0.2) is 23.2 Å². The lowest BCUT2D eigenvalue weighted by atomic mass is 10.3. The summed E-state index contributed by atoms with van der Waals surface area (Å²) in [5.74, 6) is 1.11. The smallest absolute Gasteiger partial charge is 0.238 e. The van der Waals surface area contributed by atoms with E-state index in [2.05, 4.69) is 15.4 Å². The van der Waals surface area contributed by atoms with Crippen molar-refractivity contribution >= 4 is 33.4 Å². The van der Waals surface area contributed by atoms with Crippen molar-refractivity contribution in [3.8, 4) is 5.69 Å². The molecule has 1 unspecified atom stereocenters. The van der Waals surface area contributed by atoms with Crippen molar-refractivity contribution in [3.05, 3.63) is 60.4 Å². The number of aromatic nitrogens is 3. The van der Waals surface area contributed by atoms with Crippen LogP contribution < -0.4 is 10.5 Å².